The Bertz CT molecular complexity index is 1650. The number of ether oxygens (including phenoxy) is 2. The van der Waals surface area contributed by atoms with Crippen LogP contribution in [0.5, 0.6) is 0 Å². The van der Waals surface area contributed by atoms with E-state index in [2.05, 4.69) is 4.90 Å². The number of aromatic nitrogens is 1. The Balaban J connectivity index is 1.86. The quantitative estimate of drug-likeness (QED) is 0.400. The predicted octanol–water partition coefficient (Wildman–Crippen LogP) is 2.58. The Morgan fingerprint density at radius 2 is 1.79 bits per heavy atom. The largest absolute Gasteiger partial charge is 0.480 e. The van der Waals surface area contributed by atoms with Crippen LogP contribution < -0.4 is 5.56 Å². The summed E-state index contributed by atoms with van der Waals surface area (Å²) in [4.78, 5) is 16.0. The first-order valence-electron chi connectivity index (χ1n) is 12.3. The van der Waals surface area contributed by atoms with Crippen molar-refractivity contribution in [3.05, 3.63) is 68.7 Å². The van der Waals surface area contributed by atoms with Gasteiger partial charge in [0.1, 0.15) is 29.1 Å². The van der Waals surface area contributed by atoms with E-state index < -0.39 is 38.5 Å². The maximum absolute atomic E-state index is 13.8. The fraction of sp³-hybridized carbons (Fsp3) is 0.407. The standard InChI is InChI=1S/C27H27N5O6S/c1-27(2)22(21(17-30)25(38-27)19(15-28)16-29)14-24(39(34,35)36)20-13-18-5-3-4-6-23(18)32(26(20)33)8-7-31-9-11-37-12-10-31/h3-6,13,24H,7-12,14H2,1-2H3,(H,34,35,36). The van der Waals surface area contributed by atoms with Gasteiger partial charge in [-0.1, -0.05) is 18.2 Å². The minimum absolute atomic E-state index is 0.151. The third-order valence-corrected chi connectivity index (χ3v) is 8.19. The molecule has 39 heavy (non-hydrogen) atoms. The first-order chi connectivity index (χ1) is 18.5. The molecule has 2 aromatic rings. The van der Waals surface area contributed by atoms with Gasteiger partial charge < -0.3 is 14.0 Å². The van der Waals surface area contributed by atoms with E-state index in [1.165, 1.54) is 10.6 Å². The van der Waals surface area contributed by atoms with Crippen molar-refractivity contribution in [2.24, 2.45) is 0 Å². The molecule has 11 nitrogen and oxygen atoms in total. The summed E-state index contributed by atoms with van der Waals surface area (Å²) < 4.78 is 48.5. The zero-order chi connectivity index (χ0) is 28.4. The van der Waals surface area contributed by atoms with Gasteiger partial charge in [-0.15, -0.1) is 0 Å². The van der Waals surface area contributed by atoms with Gasteiger partial charge in [0.15, 0.2) is 11.3 Å². The van der Waals surface area contributed by atoms with Crippen LogP contribution in [-0.2, 0) is 26.1 Å². The van der Waals surface area contributed by atoms with Gasteiger partial charge in [0.05, 0.1) is 24.3 Å². The second-order valence-electron chi connectivity index (χ2n) is 9.78. The van der Waals surface area contributed by atoms with Gasteiger partial charge in [-0.3, -0.25) is 14.2 Å². The van der Waals surface area contributed by atoms with Gasteiger partial charge >= 0.3 is 0 Å². The molecule has 202 valence electrons. The second kappa shape index (κ2) is 11.0. The van der Waals surface area contributed by atoms with E-state index in [1.54, 1.807) is 50.3 Å². The molecular formula is C27H27N5O6S. The highest BCUT2D eigenvalue weighted by molar-refractivity contribution is 7.86. The number of benzene rings is 1. The van der Waals surface area contributed by atoms with E-state index in [-0.39, 0.29) is 29.0 Å². The molecule has 1 N–H and O–H groups in total. The summed E-state index contributed by atoms with van der Waals surface area (Å²) in [6, 6.07) is 13.8. The number of pyridine rings is 1. The van der Waals surface area contributed by atoms with Gasteiger partial charge in [0, 0.05) is 31.7 Å². The van der Waals surface area contributed by atoms with Crippen molar-refractivity contribution in [1.29, 1.82) is 15.8 Å². The third kappa shape index (κ3) is 5.58. The average Bonchev–Trinajstić information content (AvgIpc) is 3.16. The molecular weight excluding hydrogens is 522 g/mol. The first kappa shape index (κ1) is 28.0. The molecule has 1 unspecified atom stereocenters. The molecule has 12 heteroatoms. The number of hydrogen-bond acceptors (Lipinski definition) is 9. The molecule has 1 aromatic carbocycles. The number of para-hydroxylation sites is 1. The second-order valence-corrected chi connectivity index (χ2v) is 11.4. The van der Waals surface area contributed by atoms with Crippen LogP contribution in [0.25, 0.3) is 10.9 Å². The van der Waals surface area contributed by atoms with Crippen LogP contribution >= 0.6 is 0 Å². The molecule has 0 saturated carbocycles. The smallest absolute Gasteiger partial charge is 0.272 e. The van der Waals surface area contributed by atoms with Crippen LogP contribution in [0.3, 0.4) is 0 Å². The minimum Gasteiger partial charge on any atom is -0.480 e. The lowest BCUT2D eigenvalue weighted by atomic mass is 9.89. The topological polar surface area (TPSA) is 169 Å². The fourth-order valence-electron chi connectivity index (χ4n) is 5.00. The van der Waals surface area contributed by atoms with Crippen molar-refractivity contribution in [2.45, 2.75) is 37.7 Å². The minimum atomic E-state index is -4.86. The number of hydrogen-bond donors (Lipinski definition) is 1. The van der Waals surface area contributed by atoms with Crippen LogP contribution in [0.4, 0.5) is 0 Å². The summed E-state index contributed by atoms with van der Waals surface area (Å²) in [5.41, 5.74) is -1.85. The maximum atomic E-state index is 13.8. The van der Waals surface area contributed by atoms with Gasteiger partial charge in [-0.25, -0.2) is 0 Å². The summed E-state index contributed by atoms with van der Waals surface area (Å²) in [7, 11) is -4.86. The molecule has 2 aliphatic rings. The van der Waals surface area contributed by atoms with Gasteiger partial charge in [0.2, 0.25) is 0 Å². The summed E-state index contributed by atoms with van der Waals surface area (Å²) >= 11 is 0. The molecule has 0 aliphatic carbocycles. The van der Waals surface area contributed by atoms with Crippen LogP contribution in [0, 0.1) is 34.0 Å². The third-order valence-electron chi connectivity index (χ3n) is 7.05. The van der Waals surface area contributed by atoms with E-state index in [1.807, 2.05) is 6.07 Å². The predicted molar refractivity (Wildman–Crippen MR) is 140 cm³/mol. The normalized spacial score (nSPS) is 18.2. The molecule has 1 saturated heterocycles. The van der Waals surface area contributed by atoms with E-state index in [0.717, 1.165) is 0 Å². The Morgan fingerprint density at radius 3 is 2.41 bits per heavy atom. The Morgan fingerprint density at radius 1 is 1.13 bits per heavy atom. The highest BCUT2D eigenvalue weighted by atomic mass is 32.2. The van der Waals surface area contributed by atoms with E-state index in [9.17, 15) is 33.6 Å². The maximum Gasteiger partial charge on any atom is 0.272 e. The monoisotopic (exact) mass is 549 g/mol. The lowest BCUT2D eigenvalue weighted by Crippen LogP contribution is -2.40. The first-order valence-corrected chi connectivity index (χ1v) is 13.8. The van der Waals surface area contributed by atoms with E-state index >= 15 is 0 Å². The zero-order valence-corrected chi connectivity index (χ0v) is 22.4. The molecule has 0 bridgehead atoms. The molecule has 1 atom stereocenters. The molecule has 1 aromatic heterocycles. The van der Waals surface area contributed by atoms with Crippen molar-refractivity contribution in [3.8, 4) is 18.2 Å². The van der Waals surface area contributed by atoms with Crippen LogP contribution in [0.15, 0.2) is 57.6 Å². The number of nitrogens with zero attached hydrogens (tertiary/aromatic N) is 5. The molecule has 4 rings (SSSR count). The number of rotatable bonds is 7. The zero-order valence-electron chi connectivity index (χ0n) is 21.5. The molecule has 3 heterocycles. The Hall–Kier alpha value is -3.99. The molecule has 1 fully saturated rings. The van der Waals surface area contributed by atoms with Crippen molar-refractivity contribution in [3.63, 3.8) is 0 Å². The highest BCUT2D eigenvalue weighted by Gasteiger charge is 2.43. The van der Waals surface area contributed by atoms with Gasteiger partial charge in [0.25, 0.3) is 15.7 Å². The fourth-order valence-corrected chi connectivity index (χ4v) is 5.87. The highest BCUT2D eigenvalue weighted by Crippen LogP contribution is 2.44. The lowest BCUT2D eigenvalue weighted by molar-refractivity contribution is 0.0364. The van der Waals surface area contributed by atoms with E-state index in [4.69, 9.17) is 9.47 Å². The molecule has 2 aliphatic heterocycles. The lowest BCUT2D eigenvalue weighted by Gasteiger charge is -2.27. The Kier molecular flexibility index (Phi) is 7.91. The molecule has 0 radical (unpaired) electrons. The van der Waals surface area contributed by atoms with Gasteiger partial charge in [-0.2, -0.15) is 24.2 Å². The average molecular weight is 550 g/mol. The van der Waals surface area contributed by atoms with E-state index in [0.29, 0.717) is 43.8 Å². The summed E-state index contributed by atoms with van der Waals surface area (Å²) in [6.45, 7) is 6.54. The SMILES string of the molecule is CC1(C)OC(=C(C#N)C#N)C(C#N)=C1CC(c1cc2ccccc2n(CCN2CCOCC2)c1=O)S(=O)(=O)O. The molecule has 0 spiro atoms. The van der Waals surface area contributed by atoms with Crippen molar-refractivity contribution >= 4 is 21.0 Å². The van der Waals surface area contributed by atoms with Crippen molar-refractivity contribution in [1.82, 2.24) is 9.47 Å². The summed E-state index contributed by atoms with van der Waals surface area (Å²) in [5.74, 6) is -0.252. The number of nitriles is 3. The summed E-state index contributed by atoms with van der Waals surface area (Å²) in [5, 5.41) is 27.4. The number of fused-ring (bicyclic) bond motifs is 1. The van der Waals surface area contributed by atoms with Crippen molar-refractivity contribution < 1.29 is 22.4 Å². The van der Waals surface area contributed by atoms with Gasteiger partial charge in [-0.05, 0) is 43.4 Å². The van der Waals surface area contributed by atoms with Crippen LogP contribution in [0.1, 0.15) is 31.1 Å². The Labute approximate surface area is 226 Å². The van der Waals surface area contributed by atoms with Crippen molar-refractivity contribution in [2.75, 3.05) is 32.8 Å². The number of morpholine rings is 1. The summed E-state index contributed by atoms with van der Waals surface area (Å²) in [6.07, 6.45) is -0.459. The van der Waals surface area contributed by atoms with Crippen LogP contribution in [0.2, 0.25) is 0 Å². The number of allylic oxidation sites excluding steroid dienone is 2. The van der Waals surface area contributed by atoms with Crippen LogP contribution in [-0.4, -0.2) is 60.9 Å². The molecule has 0 amide bonds.